The molecule has 3 rings (SSSR count). The van der Waals surface area contributed by atoms with E-state index in [2.05, 4.69) is 38.3 Å². The number of aromatic nitrogens is 3. The Kier molecular flexibility index (Phi) is 8.49. The molecule has 0 saturated carbocycles. The highest BCUT2D eigenvalue weighted by atomic mass is 16.4. The van der Waals surface area contributed by atoms with Crippen molar-refractivity contribution < 1.29 is 15.0 Å². The van der Waals surface area contributed by atoms with Crippen LogP contribution in [0, 0.1) is 5.92 Å². The van der Waals surface area contributed by atoms with E-state index in [4.69, 9.17) is 0 Å². The number of hydrogen-bond acceptors (Lipinski definition) is 7. The van der Waals surface area contributed by atoms with E-state index >= 15 is 0 Å². The van der Waals surface area contributed by atoms with Crippen LogP contribution in [-0.4, -0.2) is 50.8 Å². The first kappa shape index (κ1) is 23.0. The maximum Gasteiger partial charge on any atom is 0.337 e. The average molecular weight is 412 g/mol. The van der Waals surface area contributed by atoms with Crippen LogP contribution in [0.5, 0.6) is 0 Å². The molecule has 1 aliphatic rings. The van der Waals surface area contributed by atoms with Crippen LogP contribution >= 0.6 is 0 Å². The number of aliphatic hydroxyl groups is 1. The largest absolute Gasteiger partial charge is 0.478 e. The lowest BCUT2D eigenvalue weighted by atomic mass is 9.98. The molecule has 0 aliphatic carbocycles. The van der Waals surface area contributed by atoms with Crippen LogP contribution in [0.4, 0.5) is 11.8 Å². The molecule has 30 heavy (non-hydrogen) atoms. The molecule has 0 spiro atoms. The molecule has 160 valence electrons. The molecule has 1 atom stereocenters. The SMILES string of the molecule is C=CC(=C)Nc1ncc(-c2cncc(C(=O)O)c2)c(N2CCCC(CO)C2)n1.CC. The number of carboxylic acid groups (broad SMARTS) is 1. The van der Waals surface area contributed by atoms with Gasteiger partial charge >= 0.3 is 5.97 Å². The zero-order chi connectivity index (χ0) is 22.1. The molecule has 2 aromatic rings. The molecule has 1 aliphatic heterocycles. The highest BCUT2D eigenvalue weighted by Crippen LogP contribution is 2.32. The lowest BCUT2D eigenvalue weighted by Crippen LogP contribution is -2.37. The summed E-state index contributed by atoms with van der Waals surface area (Å²) in [5.74, 6) is 0.157. The van der Waals surface area contributed by atoms with Gasteiger partial charge in [-0.25, -0.2) is 9.78 Å². The van der Waals surface area contributed by atoms with Gasteiger partial charge in [0.05, 0.1) is 5.56 Å². The summed E-state index contributed by atoms with van der Waals surface area (Å²) in [5, 5.41) is 21.8. The summed E-state index contributed by atoms with van der Waals surface area (Å²) in [5.41, 5.74) is 1.97. The Hall–Kier alpha value is -3.26. The number of hydrogen-bond donors (Lipinski definition) is 3. The highest BCUT2D eigenvalue weighted by Gasteiger charge is 2.24. The number of pyridine rings is 1. The van der Waals surface area contributed by atoms with Crippen molar-refractivity contribution >= 4 is 17.7 Å². The van der Waals surface area contributed by atoms with Gasteiger partial charge in [0, 0.05) is 55.1 Å². The minimum atomic E-state index is -1.05. The van der Waals surface area contributed by atoms with Crippen molar-refractivity contribution in [3.8, 4) is 11.1 Å². The highest BCUT2D eigenvalue weighted by molar-refractivity contribution is 5.89. The van der Waals surface area contributed by atoms with Gasteiger partial charge in [-0.05, 0) is 30.9 Å². The normalized spacial score (nSPS) is 15.6. The van der Waals surface area contributed by atoms with Crippen molar-refractivity contribution in [2.24, 2.45) is 5.92 Å². The minimum Gasteiger partial charge on any atom is -0.478 e. The van der Waals surface area contributed by atoms with E-state index in [1.165, 1.54) is 6.20 Å². The van der Waals surface area contributed by atoms with Gasteiger partial charge in [-0.2, -0.15) is 4.98 Å². The number of aliphatic hydroxyl groups excluding tert-OH is 1. The van der Waals surface area contributed by atoms with E-state index in [0.717, 1.165) is 19.4 Å². The molecule has 1 saturated heterocycles. The van der Waals surface area contributed by atoms with Gasteiger partial charge < -0.3 is 20.4 Å². The maximum atomic E-state index is 11.3. The average Bonchev–Trinajstić information content (AvgIpc) is 2.80. The lowest BCUT2D eigenvalue weighted by Gasteiger charge is -2.34. The third-order valence-corrected chi connectivity index (χ3v) is 4.66. The summed E-state index contributed by atoms with van der Waals surface area (Å²) in [4.78, 5) is 26.4. The van der Waals surface area contributed by atoms with E-state index in [9.17, 15) is 15.0 Å². The molecule has 2 aromatic heterocycles. The van der Waals surface area contributed by atoms with E-state index in [-0.39, 0.29) is 18.1 Å². The first-order chi connectivity index (χ1) is 14.5. The van der Waals surface area contributed by atoms with E-state index in [1.54, 1.807) is 24.5 Å². The van der Waals surface area contributed by atoms with Crippen molar-refractivity contribution in [2.45, 2.75) is 26.7 Å². The molecule has 3 heterocycles. The molecule has 1 fully saturated rings. The summed E-state index contributed by atoms with van der Waals surface area (Å²) in [6.45, 7) is 13.0. The zero-order valence-corrected chi connectivity index (χ0v) is 17.5. The van der Waals surface area contributed by atoms with Crippen LogP contribution in [0.25, 0.3) is 11.1 Å². The second kappa shape index (κ2) is 11.1. The first-order valence-electron chi connectivity index (χ1n) is 10.0. The van der Waals surface area contributed by atoms with Crippen molar-refractivity contribution in [1.82, 2.24) is 15.0 Å². The lowest BCUT2D eigenvalue weighted by molar-refractivity contribution is 0.0696. The molecule has 0 radical (unpaired) electrons. The number of rotatable bonds is 7. The van der Waals surface area contributed by atoms with Gasteiger partial charge in [-0.3, -0.25) is 4.98 Å². The van der Waals surface area contributed by atoms with Crippen molar-refractivity contribution in [3.05, 3.63) is 55.2 Å². The topological polar surface area (TPSA) is 111 Å². The second-order valence-electron chi connectivity index (χ2n) is 6.69. The van der Waals surface area contributed by atoms with Gasteiger partial charge in [-0.1, -0.05) is 27.0 Å². The van der Waals surface area contributed by atoms with Crippen LogP contribution in [0.15, 0.2) is 49.6 Å². The van der Waals surface area contributed by atoms with Gasteiger partial charge in [0.1, 0.15) is 5.82 Å². The molecule has 0 bridgehead atoms. The van der Waals surface area contributed by atoms with Gasteiger partial charge in [0.15, 0.2) is 0 Å². The molecule has 0 aromatic carbocycles. The first-order valence-corrected chi connectivity index (χ1v) is 10.0. The Morgan fingerprint density at radius 3 is 2.80 bits per heavy atom. The summed E-state index contributed by atoms with van der Waals surface area (Å²) < 4.78 is 0. The van der Waals surface area contributed by atoms with E-state index in [0.29, 0.717) is 35.1 Å². The van der Waals surface area contributed by atoms with E-state index < -0.39 is 5.97 Å². The summed E-state index contributed by atoms with van der Waals surface area (Å²) in [6.07, 6.45) is 8.01. The van der Waals surface area contributed by atoms with Crippen molar-refractivity contribution in [1.29, 1.82) is 0 Å². The predicted octanol–water partition coefficient (Wildman–Crippen LogP) is 3.58. The Bertz CT molecular complexity index is 900. The molecule has 1 unspecified atom stereocenters. The van der Waals surface area contributed by atoms with E-state index in [1.807, 2.05) is 13.8 Å². The van der Waals surface area contributed by atoms with Crippen LogP contribution < -0.4 is 10.2 Å². The fraction of sp³-hybridized carbons (Fsp3) is 0.364. The number of carbonyl (C=O) groups is 1. The van der Waals surface area contributed by atoms with Gasteiger partial charge in [0.2, 0.25) is 5.95 Å². The third kappa shape index (κ3) is 5.64. The van der Waals surface area contributed by atoms with Crippen LogP contribution in [0.2, 0.25) is 0 Å². The van der Waals surface area contributed by atoms with Crippen molar-refractivity contribution in [2.75, 3.05) is 29.9 Å². The number of nitrogens with zero attached hydrogens (tertiary/aromatic N) is 4. The number of allylic oxidation sites excluding steroid dienone is 1. The van der Waals surface area contributed by atoms with Gasteiger partial charge in [0.25, 0.3) is 0 Å². The maximum absolute atomic E-state index is 11.3. The summed E-state index contributed by atoms with van der Waals surface area (Å²) in [6, 6.07) is 1.56. The number of aromatic carboxylic acids is 1. The number of anilines is 2. The predicted molar refractivity (Wildman–Crippen MR) is 119 cm³/mol. The molecule has 0 amide bonds. The second-order valence-corrected chi connectivity index (χ2v) is 6.69. The molecular formula is C22H29N5O3. The Morgan fingerprint density at radius 2 is 2.13 bits per heavy atom. The van der Waals surface area contributed by atoms with Crippen LogP contribution in [0.1, 0.15) is 37.0 Å². The quantitative estimate of drug-likeness (QED) is 0.593. The fourth-order valence-corrected chi connectivity index (χ4v) is 3.18. The van der Waals surface area contributed by atoms with Crippen LogP contribution in [0.3, 0.4) is 0 Å². The summed E-state index contributed by atoms with van der Waals surface area (Å²) >= 11 is 0. The molecular weight excluding hydrogens is 382 g/mol. The van der Waals surface area contributed by atoms with Crippen molar-refractivity contribution in [3.63, 3.8) is 0 Å². The number of carboxylic acids is 1. The third-order valence-electron chi connectivity index (χ3n) is 4.66. The fourth-order valence-electron chi connectivity index (χ4n) is 3.18. The van der Waals surface area contributed by atoms with Gasteiger partial charge in [-0.15, -0.1) is 0 Å². The molecule has 3 N–H and O–H groups in total. The standard InChI is InChI=1S/C20H23N5O3.C2H6/c1-3-13(2)23-20-22-10-17(15-7-16(19(27)28)9-21-8-15)18(24-20)25-6-4-5-14(11-25)12-26;1-2/h3,7-10,14,26H,1-2,4-6,11-12H2,(H,27,28)(H,22,23,24);1-2H3. The van der Waals surface area contributed by atoms with Crippen LogP contribution in [-0.2, 0) is 0 Å². The monoisotopic (exact) mass is 411 g/mol. The summed E-state index contributed by atoms with van der Waals surface area (Å²) in [7, 11) is 0. The molecule has 8 heteroatoms. The number of nitrogens with one attached hydrogen (secondary N) is 1. The zero-order valence-electron chi connectivity index (χ0n) is 17.5. The minimum absolute atomic E-state index is 0.0950. The Labute approximate surface area is 177 Å². The Balaban J connectivity index is 0.00000155. The molecule has 8 nitrogen and oxygen atoms in total. The number of piperidine rings is 1. The smallest absolute Gasteiger partial charge is 0.337 e. The Morgan fingerprint density at radius 1 is 1.37 bits per heavy atom.